The number of thiazole rings is 1. The monoisotopic (exact) mass is 448 g/mol. The third kappa shape index (κ3) is 4.36. The van der Waals surface area contributed by atoms with Gasteiger partial charge in [0.1, 0.15) is 0 Å². The molecule has 1 aliphatic rings. The minimum atomic E-state index is -0.794. The van der Waals surface area contributed by atoms with Crippen molar-refractivity contribution in [1.29, 1.82) is 0 Å². The third-order valence-electron chi connectivity index (χ3n) is 3.86. The molecule has 10 nitrogen and oxygen atoms in total. The molecule has 0 saturated carbocycles. The van der Waals surface area contributed by atoms with Crippen molar-refractivity contribution in [2.75, 3.05) is 18.7 Å². The lowest BCUT2D eigenvalue weighted by atomic mass is 10.3. The van der Waals surface area contributed by atoms with Crippen molar-refractivity contribution in [1.82, 2.24) is 14.7 Å². The normalized spacial score (nSPS) is 12.3. The molecule has 0 atom stereocenters. The van der Waals surface area contributed by atoms with Gasteiger partial charge in [-0.2, -0.15) is 0 Å². The Hall–Kier alpha value is -3.57. The molecule has 154 valence electrons. The van der Waals surface area contributed by atoms with Gasteiger partial charge in [0, 0.05) is 29.4 Å². The number of aromatic nitrogens is 2. The zero-order valence-corrected chi connectivity index (χ0v) is 16.7. The van der Waals surface area contributed by atoms with E-state index < -0.39 is 24.5 Å². The Morgan fingerprint density at radius 1 is 1.30 bits per heavy atom. The molecule has 3 aromatic rings. The van der Waals surface area contributed by atoms with Gasteiger partial charge in [0.15, 0.2) is 28.2 Å². The number of fused-ring (bicyclic) bond motifs is 2. The maximum absolute atomic E-state index is 11.9. The van der Waals surface area contributed by atoms with Gasteiger partial charge in [-0.05, 0) is 18.2 Å². The number of hydrogen-bond acceptors (Lipinski definition) is 8. The van der Waals surface area contributed by atoms with Crippen LogP contribution in [0.1, 0.15) is 5.69 Å². The number of hydrogen-bond donors (Lipinski definition) is 2. The van der Waals surface area contributed by atoms with E-state index in [1.807, 2.05) is 5.38 Å². The van der Waals surface area contributed by atoms with Crippen LogP contribution >= 0.6 is 22.9 Å². The Morgan fingerprint density at radius 3 is 3.00 bits per heavy atom. The quantitative estimate of drug-likeness (QED) is 0.454. The second-order valence-corrected chi connectivity index (χ2v) is 7.09. The van der Waals surface area contributed by atoms with Crippen molar-refractivity contribution < 1.29 is 28.6 Å². The largest absolute Gasteiger partial charge is 0.454 e. The summed E-state index contributed by atoms with van der Waals surface area (Å²) >= 11 is 7.42. The Morgan fingerprint density at radius 2 is 2.13 bits per heavy atom. The number of ether oxygens (including phenoxy) is 3. The average molecular weight is 449 g/mol. The highest BCUT2D eigenvalue weighted by atomic mass is 35.5. The zero-order valence-electron chi connectivity index (χ0n) is 15.1. The number of carbonyl (C=O) groups is 3. The number of urea groups is 1. The van der Waals surface area contributed by atoms with Gasteiger partial charge >= 0.3 is 12.0 Å². The number of rotatable bonds is 5. The van der Waals surface area contributed by atoms with E-state index in [0.29, 0.717) is 27.8 Å². The fraction of sp³-hybridized carbons (Fsp3) is 0.111. The van der Waals surface area contributed by atoms with E-state index in [2.05, 4.69) is 15.6 Å². The van der Waals surface area contributed by atoms with Crippen molar-refractivity contribution in [3.8, 4) is 11.5 Å². The fourth-order valence-electron chi connectivity index (χ4n) is 2.56. The molecule has 0 fully saturated rings. The maximum Gasteiger partial charge on any atom is 0.331 e. The number of halogens is 1. The van der Waals surface area contributed by atoms with E-state index in [9.17, 15) is 14.4 Å². The minimum absolute atomic E-state index is 0.106. The van der Waals surface area contributed by atoms with Gasteiger partial charge in [-0.15, -0.1) is 11.3 Å². The number of nitrogens with zero attached hydrogens (tertiary/aromatic N) is 2. The Balaban J connectivity index is 1.25. The molecule has 0 spiro atoms. The Kier molecular flexibility index (Phi) is 5.55. The second-order valence-electron chi connectivity index (χ2n) is 5.85. The van der Waals surface area contributed by atoms with E-state index in [1.165, 1.54) is 17.4 Å². The number of nitrogens with one attached hydrogen (secondary N) is 2. The van der Waals surface area contributed by atoms with E-state index in [0.717, 1.165) is 6.08 Å². The SMILES string of the molecule is O=C(COC(=O)/C=C/c1c(Cl)nc2sccn12)NC(=O)Nc1ccc2c(c1)OCO2. The number of benzene rings is 1. The molecule has 30 heavy (non-hydrogen) atoms. The first kappa shape index (κ1) is 19.7. The van der Waals surface area contributed by atoms with Gasteiger partial charge in [0.2, 0.25) is 6.79 Å². The van der Waals surface area contributed by atoms with Crippen LogP contribution in [0.25, 0.3) is 11.0 Å². The minimum Gasteiger partial charge on any atom is -0.454 e. The third-order valence-corrected chi connectivity index (χ3v) is 4.90. The number of esters is 1. The molecule has 2 N–H and O–H groups in total. The summed E-state index contributed by atoms with van der Waals surface area (Å²) in [5.74, 6) is -0.521. The van der Waals surface area contributed by atoms with Crippen molar-refractivity contribution >= 4 is 57.6 Å². The van der Waals surface area contributed by atoms with Gasteiger partial charge in [0.25, 0.3) is 5.91 Å². The molecule has 0 radical (unpaired) electrons. The molecule has 3 amide bonds. The van der Waals surface area contributed by atoms with Crippen LogP contribution in [0.5, 0.6) is 11.5 Å². The van der Waals surface area contributed by atoms with Gasteiger partial charge in [-0.3, -0.25) is 14.5 Å². The Labute approximate surface area is 178 Å². The van der Waals surface area contributed by atoms with E-state index in [1.54, 1.807) is 28.8 Å². The van der Waals surface area contributed by atoms with Crippen LogP contribution < -0.4 is 20.1 Å². The van der Waals surface area contributed by atoms with Crippen LogP contribution in [0.15, 0.2) is 35.9 Å². The average Bonchev–Trinajstić information content (AvgIpc) is 3.41. The van der Waals surface area contributed by atoms with E-state index in [4.69, 9.17) is 25.8 Å². The number of carbonyl (C=O) groups excluding carboxylic acids is 3. The van der Waals surface area contributed by atoms with Crippen LogP contribution in [0.2, 0.25) is 5.15 Å². The van der Waals surface area contributed by atoms with Crippen LogP contribution in [0, 0.1) is 0 Å². The van der Waals surface area contributed by atoms with Crippen molar-refractivity contribution in [3.63, 3.8) is 0 Å². The molecule has 0 saturated heterocycles. The first-order valence-electron chi connectivity index (χ1n) is 8.46. The maximum atomic E-state index is 11.9. The van der Waals surface area contributed by atoms with E-state index in [-0.39, 0.29) is 11.9 Å². The number of amides is 3. The second kappa shape index (κ2) is 8.43. The summed E-state index contributed by atoms with van der Waals surface area (Å²) < 4.78 is 16.9. The predicted octanol–water partition coefficient (Wildman–Crippen LogP) is 2.68. The summed E-state index contributed by atoms with van der Waals surface area (Å²) in [5.41, 5.74) is 0.916. The van der Waals surface area contributed by atoms with Gasteiger partial charge < -0.3 is 19.5 Å². The van der Waals surface area contributed by atoms with Gasteiger partial charge in [-0.1, -0.05) is 11.6 Å². The smallest absolute Gasteiger partial charge is 0.331 e. The number of imidazole rings is 1. The molecule has 12 heteroatoms. The molecule has 3 heterocycles. The lowest BCUT2D eigenvalue weighted by Gasteiger charge is -2.07. The predicted molar refractivity (Wildman–Crippen MR) is 108 cm³/mol. The molecular weight excluding hydrogens is 436 g/mol. The summed E-state index contributed by atoms with van der Waals surface area (Å²) in [7, 11) is 0. The first-order chi connectivity index (χ1) is 14.5. The lowest BCUT2D eigenvalue weighted by Crippen LogP contribution is -2.37. The van der Waals surface area contributed by atoms with Crippen molar-refractivity contribution in [3.05, 3.63) is 46.7 Å². The molecule has 0 bridgehead atoms. The summed E-state index contributed by atoms with van der Waals surface area (Å²) in [5, 5.41) is 6.59. The highest BCUT2D eigenvalue weighted by Crippen LogP contribution is 2.34. The summed E-state index contributed by atoms with van der Waals surface area (Å²) in [4.78, 5) is 40.3. The van der Waals surface area contributed by atoms with Crippen LogP contribution in [0.4, 0.5) is 10.5 Å². The van der Waals surface area contributed by atoms with Crippen LogP contribution in [-0.4, -0.2) is 40.7 Å². The molecule has 0 aliphatic carbocycles. The molecule has 1 aliphatic heterocycles. The number of imide groups is 1. The zero-order chi connectivity index (χ0) is 21.1. The van der Waals surface area contributed by atoms with E-state index >= 15 is 0 Å². The molecule has 0 unspecified atom stereocenters. The highest BCUT2D eigenvalue weighted by Gasteiger charge is 2.15. The molecule has 4 rings (SSSR count). The van der Waals surface area contributed by atoms with Gasteiger partial charge in [-0.25, -0.2) is 14.6 Å². The Bertz CT molecular complexity index is 1170. The highest BCUT2D eigenvalue weighted by molar-refractivity contribution is 7.15. The molecule has 2 aromatic heterocycles. The number of anilines is 1. The summed E-state index contributed by atoms with van der Waals surface area (Å²) in [6.45, 7) is -0.527. The van der Waals surface area contributed by atoms with Gasteiger partial charge in [0.05, 0.1) is 5.69 Å². The lowest BCUT2D eigenvalue weighted by molar-refractivity contribution is -0.143. The molecular formula is C18H13ClN4O6S. The first-order valence-corrected chi connectivity index (χ1v) is 9.72. The van der Waals surface area contributed by atoms with Crippen LogP contribution in [-0.2, 0) is 14.3 Å². The fourth-order valence-corrected chi connectivity index (χ4v) is 3.56. The summed E-state index contributed by atoms with van der Waals surface area (Å²) in [6, 6.07) is 4.00. The van der Waals surface area contributed by atoms with Crippen molar-refractivity contribution in [2.24, 2.45) is 0 Å². The van der Waals surface area contributed by atoms with Crippen LogP contribution in [0.3, 0.4) is 0 Å². The van der Waals surface area contributed by atoms with Crippen molar-refractivity contribution in [2.45, 2.75) is 0 Å². The topological polar surface area (TPSA) is 120 Å². The molecule has 1 aromatic carbocycles. The standard InChI is InChI=1S/C18H13ClN4O6S/c19-16-11(23-5-6-30-18(23)22-16)2-4-15(25)27-8-14(24)21-17(26)20-10-1-3-12-13(7-10)29-9-28-12/h1-7H,8-9H2,(H2,20,21,24,26)/b4-2+. The summed E-state index contributed by atoms with van der Waals surface area (Å²) in [6.07, 6.45) is 4.31.